The van der Waals surface area contributed by atoms with Crippen LogP contribution in [0.1, 0.15) is 29.9 Å². The van der Waals surface area contributed by atoms with Crippen LogP contribution in [-0.2, 0) is 0 Å². The Hall–Kier alpha value is -1.36. The molecule has 5 nitrogen and oxygen atoms in total. The van der Waals surface area contributed by atoms with Gasteiger partial charge in [-0.25, -0.2) is 0 Å². The lowest BCUT2D eigenvalue weighted by Crippen LogP contribution is -2.41. The number of hydrogen-bond acceptors (Lipinski definition) is 3. The van der Waals surface area contributed by atoms with Gasteiger partial charge in [0.2, 0.25) is 0 Å². The first kappa shape index (κ1) is 11.7. The molecule has 1 atom stereocenters. The first-order valence-electron chi connectivity index (χ1n) is 4.98. The maximum absolute atomic E-state index is 11.7. The van der Waals surface area contributed by atoms with Crippen LogP contribution in [-0.4, -0.2) is 33.9 Å². The number of rotatable bonds is 4. The first-order chi connectivity index (χ1) is 7.06. The molecule has 3 N–H and O–H groups in total. The fourth-order valence-corrected chi connectivity index (χ4v) is 1.25. The van der Waals surface area contributed by atoms with E-state index in [4.69, 9.17) is 5.11 Å². The van der Waals surface area contributed by atoms with Crippen LogP contribution in [0.5, 0.6) is 0 Å². The number of aromatic amines is 1. The highest BCUT2D eigenvalue weighted by atomic mass is 16.3. The average molecular weight is 211 g/mol. The summed E-state index contributed by atoms with van der Waals surface area (Å²) in [5.74, 6) is 0.000146. The van der Waals surface area contributed by atoms with E-state index in [1.165, 1.54) is 6.20 Å². The molecule has 0 saturated heterocycles. The summed E-state index contributed by atoms with van der Waals surface area (Å²) < 4.78 is 0. The minimum absolute atomic E-state index is 0.0553. The summed E-state index contributed by atoms with van der Waals surface area (Å²) >= 11 is 0. The monoisotopic (exact) mass is 211 g/mol. The third kappa shape index (κ3) is 2.79. The second-order valence-corrected chi connectivity index (χ2v) is 3.92. The number of aliphatic hydroxyl groups is 1. The molecule has 0 unspecified atom stereocenters. The normalized spacial score (nSPS) is 12.9. The number of nitrogens with one attached hydrogen (secondary N) is 2. The zero-order chi connectivity index (χ0) is 11.4. The number of amides is 1. The molecule has 0 bridgehead atoms. The van der Waals surface area contributed by atoms with Crippen LogP contribution in [0, 0.1) is 12.8 Å². The van der Waals surface area contributed by atoms with E-state index in [0.29, 0.717) is 5.56 Å². The second-order valence-electron chi connectivity index (χ2n) is 3.92. The Kier molecular flexibility index (Phi) is 3.85. The molecule has 1 amide bonds. The van der Waals surface area contributed by atoms with Gasteiger partial charge < -0.3 is 10.4 Å². The van der Waals surface area contributed by atoms with E-state index >= 15 is 0 Å². The number of carbonyl (C=O) groups is 1. The lowest BCUT2D eigenvalue weighted by Gasteiger charge is -2.19. The highest BCUT2D eigenvalue weighted by Crippen LogP contribution is 2.05. The van der Waals surface area contributed by atoms with Crippen molar-refractivity contribution in [3.8, 4) is 0 Å². The van der Waals surface area contributed by atoms with E-state index in [1.54, 1.807) is 6.92 Å². The van der Waals surface area contributed by atoms with Crippen LogP contribution in [0.15, 0.2) is 6.20 Å². The Bertz CT molecular complexity index is 333. The van der Waals surface area contributed by atoms with Crippen LogP contribution in [0.2, 0.25) is 0 Å². The Labute approximate surface area is 88.9 Å². The van der Waals surface area contributed by atoms with E-state index in [1.807, 2.05) is 13.8 Å². The number of carbonyl (C=O) groups excluding carboxylic acids is 1. The van der Waals surface area contributed by atoms with Gasteiger partial charge in [0.05, 0.1) is 24.4 Å². The average Bonchev–Trinajstić information content (AvgIpc) is 2.60. The molecule has 0 aliphatic heterocycles. The van der Waals surface area contributed by atoms with Crippen LogP contribution < -0.4 is 5.32 Å². The maximum atomic E-state index is 11.7. The summed E-state index contributed by atoms with van der Waals surface area (Å²) in [5.41, 5.74) is 1.25. The van der Waals surface area contributed by atoms with Crippen molar-refractivity contribution in [2.75, 3.05) is 6.61 Å². The maximum Gasteiger partial charge on any atom is 0.255 e. The number of aliphatic hydroxyl groups excluding tert-OH is 1. The van der Waals surface area contributed by atoms with Gasteiger partial charge in [0.1, 0.15) is 0 Å². The van der Waals surface area contributed by atoms with E-state index in [0.717, 1.165) is 5.69 Å². The van der Waals surface area contributed by atoms with Crippen molar-refractivity contribution >= 4 is 5.91 Å². The summed E-state index contributed by atoms with van der Waals surface area (Å²) in [7, 11) is 0. The predicted molar refractivity (Wildman–Crippen MR) is 56.5 cm³/mol. The largest absolute Gasteiger partial charge is 0.394 e. The predicted octanol–water partition coefficient (Wildman–Crippen LogP) is 0.465. The van der Waals surface area contributed by atoms with Gasteiger partial charge in [-0.3, -0.25) is 9.89 Å². The topological polar surface area (TPSA) is 78.0 Å². The molecule has 1 aromatic heterocycles. The molecular formula is C10H17N3O2. The van der Waals surface area contributed by atoms with E-state index in [9.17, 15) is 4.79 Å². The molecule has 0 spiro atoms. The molecule has 0 fully saturated rings. The van der Waals surface area contributed by atoms with Crippen LogP contribution in [0.4, 0.5) is 0 Å². The van der Waals surface area contributed by atoms with Gasteiger partial charge in [0.25, 0.3) is 5.91 Å². The lowest BCUT2D eigenvalue weighted by molar-refractivity contribution is 0.0896. The van der Waals surface area contributed by atoms with Gasteiger partial charge in [0, 0.05) is 5.69 Å². The standard InChI is InChI=1S/C10H17N3O2/c1-6(2)9(5-14)12-10(15)8-4-11-13-7(8)3/h4,6,9,14H,5H2,1-3H3,(H,11,13)(H,12,15)/t9-/m1/s1. The Balaban J connectivity index is 2.67. The van der Waals surface area contributed by atoms with Crippen LogP contribution in [0.25, 0.3) is 0 Å². The smallest absolute Gasteiger partial charge is 0.255 e. The third-order valence-corrected chi connectivity index (χ3v) is 2.39. The molecule has 1 heterocycles. The van der Waals surface area contributed by atoms with Gasteiger partial charge in [0.15, 0.2) is 0 Å². The number of aromatic nitrogens is 2. The summed E-state index contributed by atoms with van der Waals surface area (Å²) in [6.07, 6.45) is 1.49. The van der Waals surface area contributed by atoms with E-state index < -0.39 is 0 Å². The van der Waals surface area contributed by atoms with Crippen molar-refractivity contribution in [2.24, 2.45) is 5.92 Å². The molecule has 1 aromatic rings. The molecule has 5 heteroatoms. The zero-order valence-corrected chi connectivity index (χ0v) is 9.24. The SMILES string of the molecule is Cc1[nH]ncc1C(=O)N[C@H](CO)C(C)C. The number of H-pyrrole nitrogens is 1. The Morgan fingerprint density at radius 1 is 1.67 bits per heavy atom. The third-order valence-electron chi connectivity index (χ3n) is 2.39. The van der Waals surface area contributed by atoms with E-state index in [2.05, 4.69) is 15.5 Å². The fourth-order valence-electron chi connectivity index (χ4n) is 1.25. The highest BCUT2D eigenvalue weighted by molar-refractivity contribution is 5.95. The van der Waals surface area contributed by atoms with Crippen molar-refractivity contribution in [1.29, 1.82) is 0 Å². The van der Waals surface area contributed by atoms with Crippen molar-refractivity contribution in [3.05, 3.63) is 17.5 Å². The minimum atomic E-state index is -0.216. The van der Waals surface area contributed by atoms with Gasteiger partial charge in [-0.2, -0.15) is 5.10 Å². The number of aryl methyl sites for hydroxylation is 1. The van der Waals surface area contributed by atoms with Gasteiger partial charge >= 0.3 is 0 Å². The lowest BCUT2D eigenvalue weighted by atomic mass is 10.1. The number of hydrogen-bond donors (Lipinski definition) is 3. The molecule has 0 aliphatic rings. The van der Waals surface area contributed by atoms with E-state index in [-0.39, 0.29) is 24.5 Å². The molecule has 0 aliphatic carbocycles. The Morgan fingerprint density at radius 2 is 2.33 bits per heavy atom. The van der Waals surface area contributed by atoms with Gasteiger partial charge in [-0.1, -0.05) is 13.8 Å². The quantitative estimate of drug-likeness (QED) is 0.677. The molecule has 0 radical (unpaired) electrons. The number of nitrogens with zero attached hydrogens (tertiary/aromatic N) is 1. The summed E-state index contributed by atoms with van der Waals surface area (Å²) in [5, 5.41) is 18.3. The molecule has 1 rings (SSSR count). The zero-order valence-electron chi connectivity index (χ0n) is 9.24. The van der Waals surface area contributed by atoms with Gasteiger partial charge in [-0.05, 0) is 12.8 Å². The molecular weight excluding hydrogens is 194 g/mol. The van der Waals surface area contributed by atoms with Crippen molar-refractivity contribution in [3.63, 3.8) is 0 Å². The fraction of sp³-hybridized carbons (Fsp3) is 0.600. The second kappa shape index (κ2) is 4.93. The molecule has 0 aromatic carbocycles. The Morgan fingerprint density at radius 3 is 2.73 bits per heavy atom. The highest BCUT2D eigenvalue weighted by Gasteiger charge is 2.17. The van der Waals surface area contributed by atoms with Crippen molar-refractivity contribution in [1.82, 2.24) is 15.5 Å². The van der Waals surface area contributed by atoms with Crippen molar-refractivity contribution in [2.45, 2.75) is 26.8 Å². The molecule has 0 saturated carbocycles. The molecule has 15 heavy (non-hydrogen) atoms. The van der Waals surface area contributed by atoms with Crippen molar-refractivity contribution < 1.29 is 9.90 Å². The summed E-state index contributed by atoms with van der Waals surface area (Å²) in [6, 6.07) is -0.216. The minimum Gasteiger partial charge on any atom is -0.394 e. The summed E-state index contributed by atoms with van der Waals surface area (Å²) in [4.78, 5) is 11.7. The first-order valence-corrected chi connectivity index (χ1v) is 4.98. The van der Waals surface area contributed by atoms with Gasteiger partial charge in [-0.15, -0.1) is 0 Å². The molecule has 84 valence electrons. The van der Waals surface area contributed by atoms with Crippen LogP contribution in [0.3, 0.4) is 0 Å². The summed E-state index contributed by atoms with van der Waals surface area (Å²) in [6.45, 7) is 5.62. The van der Waals surface area contributed by atoms with Crippen LogP contribution >= 0.6 is 0 Å².